The molecule has 1 unspecified atom stereocenters. The molecule has 0 aliphatic heterocycles. The van der Waals surface area contributed by atoms with Crippen molar-refractivity contribution < 1.29 is 9.84 Å². The molecule has 1 N–H and O–H groups in total. The number of methoxy groups -OCH3 is 1. The standard InChI is InChI=1S/C17H22N2O2/c1-19-12-13(11-18-19)5-7-17(20)8-6-14-3-4-16(21-2)9-15(14)10-17/h3-4,9,11-12,20H,5-8,10H2,1-2H3. The molecule has 1 aromatic heterocycles. The second kappa shape index (κ2) is 5.53. The highest BCUT2D eigenvalue weighted by molar-refractivity contribution is 5.38. The zero-order valence-electron chi connectivity index (χ0n) is 12.7. The second-order valence-corrected chi connectivity index (χ2v) is 6.06. The van der Waals surface area contributed by atoms with Crippen molar-refractivity contribution in [2.24, 2.45) is 7.05 Å². The quantitative estimate of drug-likeness (QED) is 0.938. The van der Waals surface area contributed by atoms with Crippen LogP contribution < -0.4 is 4.74 Å². The van der Waals surface area contributed by atoms with Crippen molar-refractivity contribution in [1.82, 2.24) is 9.78 Å². The van der Waals surface area contributed by atoms with E-state index < -0.39 is 5.60 Å². The van der Waals surface area contributed by atoms with Gasteiger partial charge in [0.15, 0.2) is 0 Å². The third-order valence-corrected chi connectivity index (χ3v) is 4.43. The SMILES string of the molecule is COc1ccc2c(c1)CC(O)(CCc1cnn(C)c1)CC2. The molecule has 0 saturated heterocycles. The minimum Gasteiger partial charge on any atom is -0.497 e. The van der Waals surface area contributed by atoms with E-state index in [1.54, 1.807) is 11.8 Å². The molecule has 4 heteroatoms. The van der Waals surface area contributed by atoms with Crippen LogP contribution in [0.15, 0.2) is 30.6 Å². The number of aryl methyl sites for hydroxylation is 3. The van der Waals surface area contributed by atoms with Crippen LogP contribution in [0.25, 0.3) is 0 Å². The van der Waals surface area contributed by atoms with Gasteiger partial charge in [-0.3, -0.25) is 4.68 Å². The molecule has 1 aliphatic carbocycles. The fourth-order valence-corrected chi connectivity index (χ4v) is 3.14. The van der Waals surface area contributed by atoms with Crippen LogP contribution in [0.5, 0.6) is 5.75 Å². The van der Waals surface area contributed by atoms with Crippen LogP contribution in [0, 0.1) is 0 Å². The van der Waals surface area contributed by atoms with Crippen molar-refractivity contribution in [3.8, 4) is 5.75 Å². The lowest BCUT2D eigenvalue weighted by Crippen LogP contribution is -2.36. The molecule has 1 aromatic carbocycles. The van der Waals surface area contributed by atoms with Crippen LogP contribution in [0.2, 0.25) is 0 Å². The number of hydrogen-bond donors (Lipinski definition) is 1. The monoisotopic (exact) mass is 286 g/mol. The maximum Gasteiger partial charge on any atom is 0.119 e. The lowest BCUT2D eigenvalue weighted by atomic mass is 9.77. The first-order chi connectivity index (χ1) is 10.1. The van der Waals surface area contributed by atoms with Crippen molar-refractivity contribution in [2.75, 3.05) is 7.11 Å². The molecular weight excluding hydrogens is 264 g/mol. The van der Waals surface area contributed by atoms with E-state index in [1.165, 1.54) is 16.7 Å². The predicted octanol–water partition coefficient (Wildman–Crippen LogP) is 2.28. The highest BCUT2D eigenvalue weighted by atomic mass is 16.5. The van der Waals surface area contributed by atoms with E-state index in [4.69, 9.17) is 4.74 Å². The van der Waals surface area contributed by atoms with Crippen LogP contribution in [0.3, 0.4) is 0 Å². The molecule has 21 heavy (non-hydrogen) atoms. The van der Waals surface area contributed by atoms with Gasteiger partial charge in [-0.1, -0.05) is 6.07 Å². The first-order valence-corrected chi connectivity index (χ1v) is 7.44. The van der Waals surface area contributed by atoms with E-state index in [-0.39, 0.29) is 0 Å². The van der Waals surface area contributed by atoms with Crippen molar-refractivity contribution in [3.05, 3.63) is 47.3 Å². The number of aliphatic hydroxyl groups is 1. The van der Waals surface area contributed by atoms with Crippen LogP contribution in [0.4, 0.5) is 0 Å². The molecule has 0 fully saturated rings. The number of fused-ring (bicyclic) bond motifs is 1. The summed E-state index contributed by atoms with van der Waals surface area (Å²) < 4.78 is 7.09. The molecule has 4 nitrogen and oxygen atoms in total. The van der Waals surface area contributed by atoms with E-state index >= 15 is 0 Å². The van der Waals surface area contributed by atoms with Gasteiger partial charge in [0.05, 0.1) is 18.9 Å². The fraction of sp³-hybridized carbons (Fsp3) is 0.471. The molecular formula is C17H22N2O2. The minimum atomic E-state index is -0.616. The van der Waals surface area contributed by atoms with Crippen LogP contribution in [-0.2, 0) is 26.3 Å². The van der Waals surface area contributed by atoms with Gasteiger partial charge in [0.2, 0.25) is 0 Å². The zero-order valence-corrected chi connectivity index (χ0v) is 12.7. The normalized spacial score (nSPS) is 21.1. The Balaban J connectivity index is 1.71. The third kappa shape index (κ3) is 3.10. The van der Waals surface area contributed by atoms with Crippen molar-refractivity contribution in [1.29, 1.82) is 0 Å². The van der Waals surface area contributed by atoms with Crippen molar-refractivity contribution in [2.45, 2.75) is 37.7 Å². The average molecular weight is 286 g/mol. The Labute approximate surface area is 125 Å². The Bertz CT molecular complexity index is 635. The second-order valence-electron chi connectivity index (χ2n) is 6.06. The molecule has 0 spiro atoms. The molecule has 112 valence electrons. The van der Waals surface area contributed by atoms with Crippen LogP contribution in [0.1, 0.15) is 29.5 Å². The Morgan fingerprint density at radius 2 is 2.24 bits per heavy atom. The van der Waals surface area contributed by atoms with Gasteiger partial charge in [0.1, 0.15) is 5.75 Å². The van der Waals surface area contributed by atoms with Gasteiger partial charge in [-0.25, -0.2) is 0 Å². The Hall–Kier alpha value is -1.81. The van der Waals surface area contributed by atoms with Gasteiger partial charge in [-0.15, -0.1) is 0 Å². The molecule has 1 atom stereocenters. The smallest absolute Gasteiger partial charge is 0.119 e. The van der Waals surface area contributed by atoms with Gasteiger partial charge in [-0.05, 0) is 54.5 Å². The van der Waals surface area contributed by atoms with Crippen LogP contribution in [-0.4, -0.2) is 27.6 Å². The van der Waals surface area contributed by atoms with Crippen molar-refractivity contribution in [3.63, 3.8) is 0 Å². The summed E-state index contributed by atoms with van der Waals surface area (Å²) in [7, 11) is 3.60. The summed E-state index contributed by atoms with van der Waals surface area (Å²) in [5, 5.41) is 15.1. The average Bonchev–Trinajstić information content (AvgIpc) is 2.90. The summed E-state index contributed by atoms with van der Waals surface area (Å²) in [6.45, 7) is 0. The van der Waals surface area contributed by atoms with E-state index in [1.807, 2.05) is 25.5 Å². The van der Waals surface area contributed by atoms with E-state index in [9.17, 15) is 5.11 Å². The lowest BCUT2D eigenvalue weighted by molar-refractivity contribution is 0.0181. The molecule has 0 saturated carbocycles. The number of benzene rings is 1. The molecule has 0 bridgehead atoms. The van der Waals surface area contributed by atoms with Gasteiger partial charge < -0.3 is 9.84 Å². The first kappa shape index (κ1) is 14.1. The summed E-state index contributed by atoms with van der Waals surface area (Å²) in [4.78, 5) is 0. The topological polar surface area (TPSA) is 47.3 Å². The molecule has 3 rings (SSSR count). The van der Waals surface area contributed by atoms with Crippen molar-refractivity contribution >= 4 is 0 Å². The number of nitrogens with zero attached hydrogens (tertiary/aromatic N) is 2. The maximum absolute atomic E-state index is 10.9. The van der Waals surface area contributed by atoms with E-state index in [2.05, 4.69) is 17.2 Å². The Morgan fingerprint density at radius 1 is 1.38 bits per heavy atom. The third-order valence-electron chi connectivity index (χ3n) is 4.43. The summed E-state index contributed by atoms with van der Waals surface area (Å²) in [6, 6.07) is 6.18. The van der Waals surface area contributed by atoms with E-state index in [0.717, 1.165) is 31.4 Å². The molecule has 0 amide bonds. The molecule has 1 aliphatic rings. The number of ether oxygens (including phenoxy) is 1. The van der Waals surface area contributed by atoms with Gasteiger partial charge >= 0.3 is 0 Å². The zero-order chi connectivity index (χ0) is 14.9. The fourth-order valence-electron chi connectivity index (χ4n) is 3.14. The summed E-state index contributed by atoms with van der Waals surface area (Å²) in [5.74, 6) is 0.866. The number of rotatable bonds is 4. The highest BCUT2D eigenvalue weighted by Crippen LogP contribution is 2.33. The summed E-state index contributed by atoms with van der Waals surface area (Å²) in [6.07, 6.45) is 8.00. The van der Waals surface area contributed by atoms with E-state index in [0.29, 0.717) is 6.42 Å². The van der Waals surface area contributed by atoms with Crippen LogP contribution >= 0.6 is 0 Å². The number of aromatic nitrogens is 2. The number of hydrogen-bond acceptors (Lipinski definition) is 3. The Morgan fingerprint density at radius 3 is 2.95 bits per heavy atom. The lowest BCUT2D eigenvalue weighted by Gasteiger charge is -2.33. The summed E-state index contributed by atoms with van der Waals surface area (Å²) >= 11 is 0. The van der Waals surface area contributed by atoms with Gasteiger partial charge in [0.25, 0.3) is 0 Å². The minimum absolute atomic E-state index is 0.616. The maximum atomic E-state index is 10.9. The predicted molar refractivity (Wildman–Crippen MR) is 81.5 cm³/mol. The molecule has 1 heterocycles. The molecule has 2 aromatic rings. The summed E-state index contributed by atoms with van der Waals surface area (Å²) in [5.41, 5.74) is 3.12. The van der Waals surface area contributed by atoms with Gasteiger partial charge in [0, 0.05) is 19.7 Å². The highest BCUT2D eigenvalue weighted by Gasteiger charge is 2.32. The van der Waals surface area contributed by atoms with Gasteiger partial charge in [-0.2, -0.15) is 5.10 Å². The molecule has 0 radical (unpaired) electrons. The largest absolute Gasteiger partial charge is 0.497 e. The Kier molecular flexibility index (Phi) is 3.72. The first-order valence-electron chi connectivity index (χ1n) is 7.44.